The van der Waals surface area contributed by atoms with Crippen LogP contribution in [0.5, 0.6) is 0 Å². The second-order valence-corrected chi connectivity index (χ2v) is 6.12. The van der Waals surface area contributed by atoms with E-state index < -0.39 is 0 Å². The average Bonchev–Trinajstić information content (AvgIpc) is 2.76. The van der Waals surface area contributed by atoms with Crippen LogP contribution in [0.2, 0.25) is 0 Å². The summed E-state index contributed by atoms with van der Waals surface area (Å²) < 4.78 is 0. The molecule has 1 fully saturated rings. The lowest BCUT2D eigenvalue weighted by molar-refractivity contribution is -0.130. The highest BCUT2D eigenvalue weighted by molar-refractivity contribution is 5.76. The van der Waals surface area contributed by atoms with E-state index in [1.54, 1.807) is 0 Å². The number of aliphatic hydroxyl groups is 1. The van der Waals surface area contributed by atoms with Gasteiger partial charge in [0.25, 0.3) is 0 Å². The summed E-state index contributed by atoms with van der Waals surface area (Å²) in [5, 5.41) is 12.7. The van der Waals surface area contributed by atoms with Gasteiger partial charge in [-0.2, -0.15) is 0 Å². The van der Waals surface area contributed by atoms with Gasteiger partial charge >= 0.3 is 0 Å². The van der Waals surface area contributed by atoms with Gasteiger partial charge in [-0.15, -0.1) is 0 Å². The molecular formula is C18H28N2O2. The van der Waals surface area contributed by atoms with Crippen molar-refractivity contribution in [1.82, 2.24) is 10.2 Å². The molecule has 2 N–H and O–H groups in total. The van der Waals surface area contributed by atoms with Crippen LogP contribution in [0.4, 0.5) is 0 Å². The average molecular weight is 304 g/mol. The second-order valence-electron chi connectivity index (χ2n) is 6.12. The number of amides is 1. The van der Waals surface area contributed by atoms with Gasteiger partial charge in [-0.25, -0.2) is 0 Å². The molecule has 1 amide bonds. The Morgan fingerprint density at radius 2 is 2.18 bits per heavy atom. The molecule has 1 atom stereocenters. The van der Waals surface area contributed by atoms with E-state index in [9.17, 15) is 9.90 Å². The molecule has 0 spiro atoms. The van der Waals surface area contributed by atoms with Crippen LogP contribution in [0.3, 0.4) is 0 Å². The fourth-order valence-corrected chi connectivity index (χ4v) is 2.94. The third-order valence-electron chi connectivity index (χ3n) is 4.36. The summed E-state index contributed by atoms with van der Waals surface area (Å²) in [7, 11) is 0. The lowest BCUT2D eigenvalue weighted by Crippen LogP contribution is -2.33. The Bertz CT molecular complexity index is 476. The van der Waals surface area contributed by atoms with Crippen molar-refractivity contribution < 1.29 is 9.90 Å². The number of hydrogen-bond acceptors (Lipinski definition) is 3. The number of likely N-dealkylation sites (tertiary alicyclic amines) is 1. The molecule has 2 rings (SSSR count). The van der Waals surface area contributed by atoms with E-state index >= 15 is 0 Å². The first-order valence-corrected chi connectivity index (χ1v) is 8.41. The predicted octanol–water partition coefficient (Wildman–Crippen LogP) is 2.62. The Kier molecular flexibility index (Phi) is 6.87. The molecule has 1 unspecified atom stereocenters. The van der Waals surface area contributed by atoms with Crippen molar-refractivity contribution >= 4 is 5.91 Å². The fraction of sp³-hybridized carbons (Fsp3) is 0.611. The summed E-state index contributed by atoms with van der Waals surface area (Å²) in [5.74, 6) is 0.321. The Morgan fingerprint density at radius 1 is 1.32 bits per heavy atom. The van der Waals surface area contributed by atoms with E-state index in [2.05, 4.69) is 18.3 Å². The second kappa shape index (κ2) is 8.91. The maximum Gasteiger partial charge on any atom is 0.222 e. The Balaban J connectivity index is 1.72. The van der Waals surface area contributed by atoms with Crippen molar-refractivity contribution in [3.05, 3.63) is 35.4 Å². The number of benzene rings is 1. The normalized spacial score (nSPS) is 17.4. The molecule has 122 valence electrons. The summed E-state index contributed by atoms with van der Waals surface area (Å²) >= 11 is 0. The van der Waals surface area contributed by atoms with Crippen molar-refractivity contribution in [1.29, 1.82) is 0 Å². The van der Waals surface area contributed by atoms with Gasteiger partial charge in [0.05, 0.1) is 6.61 Å². The van der Waals surface area contributed by atoms with Gasteiger partial charge in [0.2, 0.25) is 5.91 Å². The van der Waals surface area contributed by atoms with E-state index in [1.165, 1.54) is 12.0 Å². The number of hydrogen-bond donors (Lipinski definition) is 2. The minimum atomic E-state index is 0.0810. The summed E-state index contributed by atoms with van der Waals surface area (Å²) in [6.45, 7) is 4.89. The molecule has 4 nitrogen and oxygen atoms in total. The lowest BCUT2D eigenvalue weighted by Gasteiger charge is -2.21. The van der Waals surface area contributed by atoms with E-state index in [0.29, 0.717) is 5.91 Å². The van der Waals surface area contributed by atoms with Crippen LogP contribution in [0.25, 0.3) is 0 Å². The third-order valence-corrected chi connectivity index (χ3v) is 4.36. The molecule has 0 aromatic heterocycles. The van der Waals surface area contributed by atoms with E-state index in [4.69, 9.17) is 0 Å². The molecule has 0 bridgehead atoms. The minimum absolute atomic E-state index is 0.0810. The van der Waals surface area contributed by atoms with Crippen molar-refractivity contribution in [2.45, 2.75) is 51.7 Å². The van der Waals surface area contributed by atoms with Gasteiger partial charge < -0.3 is 15.3 Å². The molecule has 22 heavy (non-hydrogen) atoms. The van der Waals surface area contributed by atoms with Gasteiger partial charge in [0.1, 0.15) is 0 Å². The number of rotatable bonds is 7. The molecule has 1 aliphatic heterocycles. The molecule has 1 aromatic rings. The van der Waals surface area contributed by atoms with Crippen LogP contribution in [-0.2, 0) is 11.4 Å². The molecule has 0 radical (unpaired) electrons. The van der Waals surface area contributed by atoms with E-state index in [-0.39, 0.29) is 12.6 Å². The van der Waals surface area contributed by atoms with Gasteiger partial charge in [-0.3, -0.25) is 4.79 Å². The number of carbonyl (C=O) groups excluding carboxylic acids is 1. The highest BCUT2D eigenvalue weighted by Gasteiger charge is 2.15. The Morgan fingerprint density at radius 3 is 3.00 bits per heavy atom. The van der Waals surface area contributed by atoms with Gasteiger partial charge in [-0.05, 0) is 43.9 Å². The zero-order valence-electron chi connectivity index (χ0n) is 13.6. The van der Waals surface area contributed by atoms with Gasteiger partial charge in [0.15, 0.2) is 0 Å². The van der Waals surface area contributed by atoms with Crippen LogP contribution in [0.15, 0.2) is 24.3 Å². The van der Waals surface area contributed by atoms with Crippen molar-refractivity contribution in [2.24, 2.45) is 0 Å². The van der Waals surface area contributed by atoms with E-state index in [0.717, 1.165) is 50.9 Å². The van der Waals surface area contributed by atoms with Crippen LogP contribution in [-0.4, -0.2) is 35.5 Å². The summed E-state index contributed by atoms with van der Waals surface area (Å²) in [6.07, 6.45) is 5.07. The SMILES string of the molecule is CC(NCCCN1CCCCCC1=O)c1cccc(CO)c1. The lowest BCUT2D eigenvalue weighted by atomic mass is 10.1. The molecule has 1 aliphatic rings. The summed E-state index contributed by atoms with van der Waals surface area (Å²) in [5.41, 5.74) is 2.14. The van der Waals surface area contributed by atoms with Crippen molar-refractivity contribution in [3.63, 3.8) is 0 Å². The first-order chi connectivity index (χ1) is 10.7. The third kappa shape index (κ3) is 5.11. The molecule has 0 saturated carbocycles. The zero-order valence-corrected chi connectivity index (χ0v) is 13.6. The zero-order chi connectivity index (χ0) is 15.8. The number of carbonyl (C=O) groups is 1. The fourth-order valence-electron chi connectivity index (χ4n) is 2.94. The number of nitrogens with zero attached hydrogens (tertiary/aromatic N) is 1. The highest BCUT2D eigenvalue weighted by atomic mass is 16.3. The first-order valence-electron chi connectivity index (χ1n) is 8.41. The van der Waals surface area contributed by atoms with E-state index in [1.807, 2.05) is 23.1 Å². The number of aliphatic hydroxyl groups excluding tert-OH is 1. The van der Waals surface area contributed by atoms with Gasteiger partial charge in [0, 0.05) is 25.6 Å². The minimum Gasteiger partial charge on any atom is -0.392 e. The highest BCUT2D eigenvalue weighted by Crippen LogP contribution is 2.15. The smallest absolute Gasteiger partial charge is 0.222 e. The van der Waals surface area contributed by atoms with Crippen LogP contribution in [0, 0.1) is 0 Å². The largest absolute Gasteiger partial charge is 0.392 e. The topological polar surface area (TPSA) is 52.6 Å². The maximum atomic E-state index is 11.9. The Hall–Kier alpha value is -1.39. The maximum absolute atomic E-state index is 11.9. The van der Waals surface area contributed by atoms with Crippen LogP contribution >= 0.6 is 0 Å². The quantitative estimate of drug-likeness (QED) is 0.761. The molecule has 1 aromatic carbocycles. The predicted molar refractivity (Wildman–Crippen MR) is 88.4 cm³/mol. The van der Waals surface area contributed by atoms with Gasteiger partial charge in [-0.1, -0.05) is 30.7 Å². The number of nitrogens with one attached hydrogen (secondary N) is 1. The monoisotopic (exact) mass is 304 g/mol. The molecule has 1 heterocycles. The summed E-state index contributed by atoms with van der Waals surface area (Å²) in [4.78, 5) is 13.9. The first kappa shape index (κ1) is 17.0. The van der Waals surface area contributed by atoms with Crippen LogP contribution in [0.1, 0.15) is 56.2 Å². The standard InChI is InChI=1S/C18H28N2O2/c1-15(17-8-5-7-16(13-17)14-21)19-10-6-12-20-11-4-2-3-9-18(20)22/h5,7-8,13,15,19,21H,2-4,6,9-12,14H2,1H3. The summed E-state index contributed by atoms with van der Waals surface area (Å²) in [6, 6.07) is 8.28. The Labute approximate surface area is 133 Å². The van der Waals surface area contributed by atoms with Crippen LogP contribution < -0.4 is 5.32 Å². The van der Waals surface area contributed by atoms with Crippen molar-refractivity contribution in [2.75, 3.05) is 19.6 Å². The molecular weight excluding hydrogens is 276 g/mol. The molecule has 4 heteroatoms. The molecule has 1 saturated heterocycles. The molecule has 0 aliphatic carbocycles. The van der Waals surface area contributed by atoms with Crippen molar-refractivity contribution in [3.8, 4) is 0 Å².